The molecular weight excluding hydrogens is 1430 g/mol. The van der Waals surface area contributed by atoms with Crippen LogP contribution in [0.15, 0.2) is 78.6 Å². The maximum Gasteiger partial charge on any atom is 0.317 e. The van der Waals surface area contributed by atoms with E-state index in [4.69, 9.17) is 11.5 Å². The molecule has 109 heavy (non-hydrogen) atoms. The van der Waals surface area contributed by atoms with E-state index in [0.29, 0.717) is 101 Å². The predicted octanol–water partition coefficient (Wildman–Crippen LogP) is -1.30. The van der Waals surface area contributed by atoms with Gasteiger partial charge in [-0.25, -0.2) is 4.98 Å². The summed E-state index contributed by atoms with van der Waals surface area (Å²) in [5.41, 5.74) is 12.5. The number of phenols is 2. The molecule has 4 aromatic rings. The zero-order valence-corrected chi connectivity index (χ0v) is 63.0. The minimum absolute atomic E-state index is 0.00599. The van der Waals surface area contributed by atoms with E-state index in [2.05, 4.69) is 63.1 Å². The molecule has 0 bridgehead atoms. The van der Waals surface area contributed by atoms with Crippen molar-refractivity contribution in [2.24, 2.45) is 17.4 Å². The van der Waals surface area contributed by atoms with Gasteiger partial charge in [-0.05, 0) is 85.4 Å². The number of carbonyl (C=O) groups excluding carboxylic acids is 12. The summed E-state index contributed by atoms with van der Waals surface area (Å²) in [5, 5.41) is 67.4. The average molecular weight is 1540 g/mol. The van der Waals surface area contributed by atoms with Gasteiger partial charge in [0.1, 0.15) is 59.8 Å². The molecule has 8 atom stereocenters. The number of nitrogens with one attached hydrogen (secondary N) is 11. The number of thiophene rings is 1. The van der Waals surface area contributed by atoms with Crippen molar-refractivity contribution in [3.8, 4) is 11.5 Å². The smallest absolute Gasteiger partial charge is 0.317 e. The van der Waals surface area contributed by atoms with Gasteiger partial charge in [-0.1, -0.05) is 83.2 Å². The van der Waals surface area contributed by atoms with Gasteiger partial charge < -0.3 is 90.0 Å². The van der Waals surface area contributed by atoms with E-state index < -0.39 is 138 Å². The van der Waals surface area contributed by atoms with Crippen LogP contribution in [-0.4, -0.2) is 248 Å². The Bertz CT molecular complexity index is 3600. The van der Waals surface area contributed by atoms with Crippen molar-refractivity contribution in [2.45, 2.75) is 179 Å². The van der Waals surface area contributed by atoms with E-state index in [1.807, 2.05) is 11.8 Å². The Morgan fingerprint density at radius 2 is 0.972 bits per heavy atom. The number of carbonyl (C=O) groups is 14. The Balaban J connectivity index is 1.18. The van der Waals surface area contributed by atoms with E-state index in [9.17, 15) is 87.5 Å². The summed E-state index contributed by atoms with van der Waals surface area (Å²) < 4.78 is 0. The van der Waals surface area contributed by atoms with Gasteiger partial charge in [0.25, 0.3) is 0 Å². The van der Waals surface area contributed by atoms with Crippen LogP contribution in [0.25, 0.3) is 0 Å². The SMILES string of the molecule is CCCC[C@H](NC(=O)[C@H](Cc1cccs1)NC(=O)[C@H](Cc1cnc[nH]1)NC(=O)CCNC(=O)[C@@H](NC(=O)[C@H](C)NC(=O)[C@H](Cc1ccc(O)cc1)NC(=O)[C@H](CCC(N)=O)NC(=O)[C@@H](Cc1ccc(O)cc1)NC(=O)CCCCCCCNC(=O)CN1CCN(CC(=O)O)CCN(CC(=O)O)CC1)C(C)C)C(N)=O. The number of rotatable bonds is 48. The van der Waals surface area contributed by atoms with Crippen LogP contribution in [0.2, 0.25) is 0 Å². The van der Waals surface area contributed by atoms with Crippen molar-refractivity contribution in [1.82, 2.24) is 77.8 Å². The first-order valence-corrected chi connectivity index (χ1v) is 37.5. The Labute approximate surface area is 636 Å². The number of primary amides is 2. The number of benzene rings is 2. The summed E-state index contributed by atoms with van der Waals surface area (Å²) >= 11 is 1.35. The first kappa shape index (κ1) is 89.0. The van der Waals surface area contributed by atoms with Crippen molar-refractivity contribution in [3.63, 3.8) is 0 Å². The first-order valence-electron chi connectivity index (χ1n) is 36.6. The summed E-state index contributed by atoms with van der Waals surface area (Å²) in [5.74, 6) is -11.5. The minimum Gasteiger partial charge on any atom is -0.508 e. The van der Waals surface area contributed by atoms with Crippen LogP contribution in [0.4, 0.5) is 0 Å². The van der Waals surface area contributed by atoms with E-state index in [1.165, 1.54) is 79.3 Å². The van der Waals surface area contributed by atoms with Crippen LogP contribution in [0.1, 0.15) is 126 Å². The first-order chi connectivity index (χ1) is 51.9. The zero-order valence-electron chi connectivity index (χ0n) is 62.1. The van der Waals surface area contributed by atoms with Crippen LogP contribution in [0.3, 0.4) is 0 Å². The van der Waals surface area contributed by atoms with E-state index in [1.54, 1.807) is 41.2 Å². The molecule has 0 saturated carbocycles. The van der Waals surface area contributed by atoms with E-state index in [0.717, 1.165) is 11.3 Å². The standard InChI is InChI=1S/C73H107N17O18S/c1-5-6-14-53(66(75)101)83-72(107)58(39-52-13-12-35-109-52)86-71(106)57(38-49-40-76-44-79-49)82-61(95)26-28-78-73(108)65(45(2)3)87-67(102)46(4)80-69(104)56(37-48-18-22-51(92)23-19-48)85-68(103)54(24-25-59(74)93)84-70(105)55(36-47-16-20-50(91)21-17-47)81-60(94)15-10-8-7-9-11-27-77-62(96)41-88-29-31-89(42-63(97)98)33-34-90(32-30-88)43-64(99)100/h12-13,16-23,35,40,44-46,53-58,65,91-92H,5-11,14-15,24-34,36-39,41-43H2,1-4H3,(H2,74,93)(H2,75,101)(H,76,79)(H,77,96)(H,78,108)(H,80,104)(H,81,94)(H,82,95)(H,83,107)(H,84,105)(H,85,103)(H,86,106)(H,87,102)(H,97,98)(H,99,100)/t46-,53-,54-,55+,56-,57-,58-,65-/m0/s1. The number of hydrogen-bond donors (Lipinski definition) is 17. The lowest BCUT2D eigenvalue weighted by Crippen LogP contribution is -2.59. The number of phenolic OH excluding ortho intramolecular Hbond substituents is 2. The van der Waals surface area contributed by atoms with Gasteiger partial charge in [0.15, 0.2) is 0 Å². The second-order valence-electron chi connectivity index (χ2n) is 27.3. The number of carboxylic acid groups (broad SMARTS) is 2. The van der Waals surface area contributed by atoms with Crippen LogP contribution in [0, 0.1) is 5.92 Å². The highest BCUT2D eigenvalue weighted by Crippen LogP contribution is 2.17. The molecule has 1 fully saturated rings. The predicted molar refractivity (Wildman–Crippen MR) is 400 cm³/mol. The second kappa shape index (κ2) is 47.3. The molecular formula is C73H107N17O18S. The summed E-state index contributed by atoms with van der Waals surface area (Å²) in [6, 6.07) is 4.56. The summed E-state index contributed by atoms with van der Waals surface area (Å²) in [6.45, 7) is 8.55. The highest BCUT2D eigenvalue weighted by Gasteiger charge is 2.35. The average Bonchev–Trinajstić information content (AvgIpc) is 1.06. The summed E-state index contributed by atoms with van der Waals surface area (Å²) in [4.78, 5) is 199. The van der Waals surface area contributed by atoms with Crippen LogP contribution >= 0.6 is 11.3 Å². The molecule has 0 unspecified atom stereocenters. The summed E-state index contributed by atoms with van der Waals surface area (Å²) in [6.07, 6.45) is 5.92. The van der Waals surface area contributed by atoms with Gasteiger partial charge >= 0.3 is 11.9 Å². The number of carboxylic acids is 2. The lowest BCUT2D eigenvalue weighted by atomic mass is 10.0. The molecule has 2 aromatic carbocycles. The third kappa shape index (κ3) is 34.5. The fourth-order valence-electron chi connectivity index (χ4n) is 11.8. The van der Waals surface area contributed by atoms with Crippen molar-refractivity contribution >= 4 is 94.2 Å². The molecule has 3 heterocycles. The van der Waals surface area contributed by atoms with Gasteiger partial charge in [-0.2, -0.15) is 0 Å². The quantitative estimate of drug-likeness (QED) is 0.0229. The van der Waals surface area contributed by atoms with Gasteiger partial charge in [-0.3, -0.25) is 81.8 Å². The molecule has 0 radical (unpaired) electrons. The Morgan fingerprint density at radius 1 is 0.486 bits per heavy atom. The third-order valence-corrected chi connectivity index (χ3v) is 18.8. The lowest BCUT2D eigenvalue weighted by molar-refractivity contribution is -0.140. The Morgan fingerprint density at radius 3 is 1.48 bits per heavy atom. The maximum atomic E-state index is 14.5. The third-order valence-electron chi connectivity index (χ3n) is 17.9. The highest BCUT2D eigenvalue weighted by atomic mass is 32.1. The molecule has 1 aliphatic rings. The number of nitrogens with two attached hydrogens (primary N) is 2. The number of nitrogens with zero attached hydrogens (tertiary/aromatic N) is 4. The zero-order chi connectivity index (χ0) is 80.0. The number of aromatic amines is 1. The molecule has 1 saturated heterocycles. The monoisotopic (exact) mass is 1540 g/mol. The highest BCUT2D eigenvalue weighted by molar-refractivity contribution is 7.09. The molecule has 5 rings (SSSR count). The molecule has 2 aromatic heterocycles. The topological polar surface area (TPSA) is 531 Å². The second-order valence-corrected chi connectivity index (χ2v) is 28.4. The van der Waals surface area contributed by atoms with Crippen molar-refractivity contribution in [3.05, 3.63) is 100 Å². The fraction of sp³-hybridized carbons (Fsp3) is 0.548. The maximum absolute atomic E-state index is 14.5. The number of aliphatic carboxylic acids is 2. The van der Waals surface area contributed by atoms with Gasteiger partial charge in [0, 0.05) is 114 Å². The summed E-state index contributed by atoms with van der Waals surface area (Å²) in [7, 11) is 0. The molecule has 35 nitrogen and oxygen atoms in total. The van der Waals surface area contributed by atoms with Gasteiger partial charge in [-0.15, -0.1) is 11.3 Å². The molecule has 36 heteroatoms. The molecule has 12 amide bonds. The number of amides is 12. The number of imidazole rings is 1. The fourth-order valence-corrected chi connectivity index (χ4v) is 12.5. The van der Waals surface area contributed by atoms with Crippen LogP contribution in [-0.2, 0) is 92.8 Å². The van der Waals surface area contributed by atoms with Gasteiger partial charge in [0.2, 0.25) is 70.9 Å². The van der Waals surface area contributed by atoms with Crippen molar-refractivity contribution < 1.29 is 87.5 Å². The lowest BCUT2D eigenvalue weighted by Gasteiger charge is -2.27. The van der Waals surface area contributed by atoms with Gasteiger partial charge in [0.05, 0.1) is 26.0 Å². The number of aromatic hydroxyl groups is 2. The molecule has 0 spiro atoms. The number of unbranched alkanes of at least 4 members (excludes halogenated alkanes) is 5. The van der Waals surface area contributed by atoms with Crippen molar-refractivity contribution in [2.75, 3.05) is 72.0 Å². The largest absolute Gasteiger partial charge is 0.508 e. The number of aromatic nitrogens is 2. The molecule has 598 valence electrons. The number of hydrogen-bond acceptors (Lipinski definition) is 21. The molecule has 0 aliphatic carbocycles. The number of H-pyrrole nitrogens is 1. The Hall–Kier alpha value is -10.6. The van der Waals surface area contributed by atoms with Crippen LogP contribution < -0.4 is 64.6 Å². The normalized spacial score (nSPS) is 15.0. The minimum atomic E-state index is -1.56. The van der Waals surface area contributed by atoms with E-state index in [-0.39, 0.29) is 95.0 Å². The van der Waals surface area contributed by atoms with E-state index >= 15 is 0 Å². The van der Waals surface area contributed by atoms with Crippen LogP contribution in [0.5, 0.6) is 11.5 Å². The Kier molecular flexibility index (Phi) is 38.6. The molecule has 1 aliphatic heterocycles. The molecule has 19 N–H and O–H groups in total. The van der Waals surface area contributed by atoms with Crippen molar-refractivity contribution in [1.29, 1.82) is 0 Å².